The van der Waals surface area contributed by atoms with Crippen molar-refractivity contribution in [2.75, 3.05) is 0 Å². The second kappa shape index (κ2) is 5.16. The van der Waals surface area contributed by atoms with Crippen LogP contribution in [0.5, 0.6) is 5.75 Å². The van der Waals surface area contributed by atoms with Crippen molar-refractivity contribution >= 4 is 10.7 Å². The quantitative estimate of drug-likeness (QED) is 0.838. The Morgan fingerprint density at radius 2 is 1.65 bits per heavy atom. The summed E-state index contributed by atoms with van der Waals surface area (Å²) in [5.74, 6) is -0.409. The van der Waals surface area contributed by atoms with Crippen molar-refractivity contribution in [1.82, 2.24) is 0 Å². The second-order valence-corrected chi connectivity index (χ2v) is 5.07. The highest BCUT2D eigenvalue weighted by atomic mass is 32.2. The van der Waals surface area contributed by atoms with Gasteiger partial charge in [-0.05, 0) is 35.4 Å². The molecule has 0 aliphatic heterocycles. The predicted molar refractivity (Wildman–Crippen MR) is 67.1 cm³/mol. The zero-order valence-electron chi connectivity index (χ0n) is 9.89. The molecule has 3 nitrogen and oxygen atoms in total. The number of halogens is 3. The Kier molecular flexibility index (Phi) is 3.71. The molecular weight excluding hydrogens is 293 g/mol. The Bertz CT molecular complexity index is 713. The molecular formula is C13H9F3O3S. The van der Waals surface area contributed by atoms with E-state index in [1.807, 2.05) is 0 Å². The molecule has 106 valence electrons. The van der Waals surface area contributed by atoms with E-state index in [1.54, 1.807) is 0 Å². The number of hydrogen-bond donors (Lipinski definition) is 2. The van der Waals surface area contributed by atoms with Gasteiger partial charge < -0.3 is 5.11 Å². The molecule has 20 heavy (non-hydrogen) atoms. The zero-order valence-corrected chi connectivity index (χ0v) is 10.8. The van der Waals surface area contributed by atoms with Crippen molar-refractivity contribution in [3.05, 3.63) is 48.0 Å². The fraction of sp³-hybridized carbons (Fsp3) is 0.0769. The number of phenolic OH excluding ortho intramolecular Hbond substituents is 1. The van der Waals surface area contributed by atoms with Gasteiger partial charge in [-0.15, -0.1) is 0 Å². The molecule has 0 aliphatic rings. The summed E-state index contributed by atoms with van der Waals surface area (Å²) in [4.78, 5) is -0.244. The molecule has 0 atom stereocenters. The summed E-state index contributed by atoms with van der Waals surface area (Å²) in [7, 11) is -3.00. The molecule has 0 heterocycles. The van der Waals surface area contributed by atoms with E-state index < -0.39 is 28.2 Å². The minimum Gasteiger partial charge on any atom is -0.508 e. The van der Waals surface area contributed by atoms with Gasteiger partial charge in [0.25, 0.3) is 0 Å². The maximum Gasteiger partial charge on any atom is 0.417 e. The van der Waals surface area contributed by atoms with E-state index in [2.05, 4.69) is 0 Å². The summed E-state index contributed by atoms with van der Waals surface area (Å²) < 4.78 is 60.6. The van der Waals surface area contributed by atoms with Crippen molar-refractivity contribution in [1.29, 1.82) is 0 Å². The standard InChI is InChI=1S/C13H9F3O3S/c14-13(15,16)12-4-2-1-3-11(12)8-5-9(17)7-10(6-8)20(18)19/h1-7,17,20H. The van der Waals surface area contributed by atoms with Crippen molar-refractivity contribution < 1.29 is 26.7 Å². The first-order chi connectivity index (χ1) is 9.29. The van der Waals surface area contributed by atoms with Gasteiger partial charge in [0.05, 0.1) is 10.5 Å². The highest BCUT2D eigenvalue weighted by molar-refractivity contribution is 7.72. The maximum absolute atomic E-state index is 12.9. The van der Waals surface area contributed by atoms with E-state index in [0.717, 1.165) is 24.3 Å². The van der Waals surface area contributed by atoms with Crippen LogP contribution < -0.4 is 0 Å². The smallest absolute Gasteiger partial charge is 0.417 e. The van der Waals surface area contributed by atoms with Gasteiger partial charge in [-0.3, -0.25) is 0 Å². The monoisotopic (exact) mass is 302 g/mol. The average molecular weight is 302 g/mol. The summed E-state index contributed by atoms with van der Waals surface area (Å²) in [5.41, 5.74) is -1.08. The Hall–Kier alpha value is -2.02. The fourth-order valence-corrected chi connectivity index (χ4v) is 2.32. The van der Waals surface area contributed by atoms with Gasteiger partial charge >= 0.3 is 6.18 Å². The minimum atomic E-state index is -4.57. The van der Waals surface area contributed by atoms with Gasteiger partial charge in [0.1, 0.15) is 5.75 Å². The lowest BCUT2D eigenvalue weighted by molar-refractivity contribution is -0.137. The van der Waals surface area contributed by atoms with Crippen LogP contribution in [0.25, 0.3) is 11.1 Å². The van der Waals surface area contributed by atoms with Gasteiger partial charge in [-0.25, -0.2) is 8.42 Å². The normalized spacial score (nSPS) is 11.8. The van der Waals surface area contributed by atoms with Crippen LogP contribution in [0.4, 0.5) is 13.2 Å². The summed E-state index contributed by atoms with van der Waals surface area (Å²) in [5, 5.41) is 9.45. The molecule has 1 N–H and O–H groups in total. The van der Waals surface area contributed by atoms with Crippen molar-refractivity contribution in [2.45, 2.75) is 11.1 Å². The first kappa shape index (κ1) is 14.4. The van der Waals surface area contributed by atoms with Crippen molar-refractivity contribution in [3.63, 3.8) is 0 Å². The predicted octanol–water partition coefficient (Wildman–Crippen LogP) is 3.05. The molecule has 0 aromatic heterocycles. The van der Waals surface area contributed by atoms with Crippen LogP contribution in [0.3, 0.4) is 0 Å². The molecule has 7 heteroatoms. The Morgan fingerprint density at radius 3 is 2.25 bits per heavy atom. The van der Waals surface area contributed by atoms with Gasteiger partial charge in [0.15, 0.2) is 10.7 Å². The lowest BCUT2D eigenvalue weighted by atomic mass is 9.99. The molecule has 0 unspecified atom stereocenters. The van der Waals surface area contributed by atoms with Crippen LogP contribution in [0.1, 0.15) is 5.56 Å². The Balaban J connectivity index is 2.69. The van der Waals surface area contributed by atoms with Crippen LogP contribution in [-0.4, -0.2) is 13.5 Å². The van der Waals surface area contributed by atoms with E-state index in [1.165, 1.54) is 18.2 Å². The van der Waals surface area contributed by atoms with Crippen molar-refractivity contribution in [3.8, 4) is 16.9 Å². The highest BCUT2D eigenvalue weighted by Crippen LogP contribution is 2.38. The molecule has 0 bridgehead atoms. The van der Waals surface area contributed by atoms with Gasteiger partial charge in [-0.1, -0.05) is 18.2 Å². The van der Waals surface area contributed by atoms with Crippen LogP contribution in [0, 0.1) is 0 Å². The van der Waals surface area contributed by atoms with Gasteiger partial charge in [-0.2, -0.15) is 13.2 Å². The van der Waals surface area contributed by atoms with Crippen LogP contribution in [0.15, 0.2) is 47.4 Å². The number of phenols is 1. The van der Waals surface area contributed by atoms with E-state index in [4.69, 9.17) is 0 Å². The SMILES string of the molecule is O=[SH](=O)c1cc(O)cc(-c2ccccc2C(F)(F)F)c1. The molecule has 2 rings (SSSR count). The third-order valence-corrected chi connectivity index (χ3v) is 3.34. The van der Waals surface area contributed by atoms with E-state index in [-0.39, 0.29) is 16.0 Å². The van der Waals surface area contributed by atoms with E-state index in [0.29, 0.717) is 0 Å². The van der Waals surface area contributed by atoms with E-state index >= 15 is 0 Å². The lowest BCUT2D eigenvalue weighted by Crippen LogP contribution is -2.06. The molecule has 0 saturated heterocycles. The summed E-state index contributed by atoms with van der Waals surface area (Å²) in [6.07, 6.45) is -4.57. The molecule has 2 aromatic carbocycles. The number of aromatic hydroxyl groups is 1. The average Bonchev–Trinajstić information content (AvgIpc) is 2.37. The van der Waals surface area contributed by atoms with Crippen LogP contribution >= 0.6 is 0 Å². The minimum absolute atomic E-state index is 0.00729. The molecule has 0 saturated carbocycles. The van der Waals surface area contributed by atoms with Crippen molar-refractivity contribution in [2.24, 2.45) is 0 Å². The summed E-state index contributed by atoms with van der Waals surface area (Å²) >= 11 is 0. The number of hydrogen-bond acceptors (Lipinski definition) is 3. The Morgan fingerprint density at radius 1 is 1.00 bits per heavy atom. The molecule has 0 radical (unpaired) electrons. The second-order valence-electron chi connectivity index (χ2n) is 4.04. The maximum atomic E-state index is 12.9. The third-order valence-electron chi connectivity index (χ3n) is 2.66. The summed E-state index contributed by atoms with van der Waals surface area (Å²) in [6.45, 7) is 0. The van der Waals surface area contributed by atoms with Gasteiger partial charge in [0, 0.05) is 0 Å². The number of thiol groups is 1. The zero-order chi connectivity index (χ0) is 14.9. The number of rotatable bonds is 2. The highest BCUT2D eigenvalue weighted by Gasteiger charge is 2.33. The molecule has 0 fully saturated rings. The topological polar surface area (TPSA) is 54.4 Å². The largest absolute Gasteiger partial charge is 0.508 e. The van der Waals surface area contributed by atoms with Gasteiger partial charge in [0.2, 0.25) is 0 Å². The first-order valence-corrected chi connectivity index (χ1v) is 6.62. The Labute approximate surface area is 114 Å². The van der Waals surface area contributed by atoms with E-state index in [9.17, 15) is 26.7 Å². The first-order valence-electron chi connectivity index (χ1n) is 5.44. The molecule has 0 aliphatic carbocycles. The number of alkyl halides is 3. The van der Waals surface area contributed by atoms with Crippen LogP contribution in [0.2, 0.25) is 0 Å². The fourth-order valence-electron chi connectivity index (χ4n) is 1.84. The molecule has 0 amide bonds. The van der Waals surface area contributed by atoms with Crippen LogP contribution in [-0.2, 0) is 16.9 Å². The summed E-state index contributed by atoms with van der Waals surface area (Å²) in [6, 6.07) is 7.93. The number of benzene rings is 2. The molecule has 2 aromatic rings. The third kappa shape index (κ3) is 2.93. The lowest BCUT2D eigenvalue weighted by Gasteiger charge is -2.13. The molecule has 0 spiro atoms.